The summed E-state index contributed by atoms with van der Waals surface area (Å²) in [7, 11) is 0. The van der Waals surface area contributed by atoms with Crippen LogP contribution in [-0.2, 0) is 9.47 Å². The molecule has 2 rings (SSSR count). The highest BCUT2D eigenvalue weighted by Gasteiger charge is 2.41. The fourth-order valence-corrected chi connectivity index (χ4v) is 2.01. The van der Waals surface area contributed by atoms with E-state index >= 15 is 0 Å². The van der Waals surface area contributed by atoms with Gasteiger partial charge in [0.15, 0.2) is 0 Å². The second-order valence-corrected chi connectivity index (χ2v) is 4.29. The van der Waals surface area contributed by atoms with E-state index in [1.165, 1.54) is 0 Å². The van der Waals surface area contributed by atoms with Gasteiger partial charge in [-0.25, -0.2) is 0 Å². The fourth-order valence-electron chi connectivity index (χ4n) is 2.01. The van der Waals surface area contributed by atoms with Crippen LogP contribution < -0.4 is 4.74 Å². The normalized spacial score (nSPS) is 26.7. The van der Waals surface area contributed by atoms with Crippen LogP contribution in [0.25, 0.3) is 0 Å². The highest BCUT2D eigenvalue weighted by Crippen LogP contribution is 2.27. The van der Waals surface area contributed by atoms with Gasteiger partial charge < -0.3 is 19.3 Å². The Morgan fingerprint density at radius 3 is 2.61 bits per heavy atom. The van der Waals surface area contributed by atoms with Crippen molar-refractivity contribution in [2.75, 3.05) is 19.8 Å². The quantitative estimate of drug-likeness (QED) is 0.749. The van der Waals surface area contributed by atoms with Crippen molar-refractivity contribution in [2.24, 2.45) is 0 Å². The average Bonchev–Trinajstić information content (AvgIpc) is 2.41. The minimum absolute atomic E-state index is 0.000627. The summed E-state index contributed by atoms with van der Waals surface area (Å²) in [5, 5.41) is 9.51. The van der Waals surface area contributed by atoms with Gasteiger partial charge in [-0.2, -0.15) is 0 Å². The second kappa shape index (κ2) is 6.73. The molecule has 1 aromatic carbocycles. The van der Waals surface area contributed by atoms with E-state index in [2.05, 4.69) is 0 Å². The third-order valence-electron chi connectivity index (χ3n) is 3.01. The number of benzene rings is 1. The molecule has 0 radical (unpaired) electrons. The van der Waals surface area contributed by atoms with Crippen molar-refractivity contribution in [3.63, 3.8) is 0 Å². The predicted octanol–water partition coefficient (Wildman–Crippen LogP) is 1.62. The molecule has 1 aliphatic carbocycles. The number of ether oxygens (including phenoxy) is 3. The van der Waals surface area contributed by atoms with Crippen LogP contribution in [0.4, 0.5) is 0 Å². The Balaban J connectivity index is 1.61. The number of para-hydroxylation sites is 1. The topological polar surface area (TPSA) is 47.9 Å². The molecule has 4 nitrogen and oxygen atoms in total. The first-order valence-electron chi connectivity index (χ1n) is 6.40. The largest absolute Gasteiger partial charge is 0.491 e. The lowest BCUT2D eigenvalue weighted by Gasteiger charge is -2.40. The molecule has 0 amide bonds. The van der Waals surface area contributed by atoms with Crippen molar-refractivity contribution in [3.8, 4) is 5.75 Å². The van der Waals surface area contributed by atoms with Gasteiger partial charge in [-0.15, -0.1) is 0 Å². The van der Waals surface area contributed by atoms with Crippen molar-refractivity contribution in [1.82, 2.24) is 0 Å². The van der Waals surface area contributed by atoms with Crippen molar-refractivity contribution >= 4 is 0 Å². The standard InChI is InChI=1S/C14H20O4/c1-2-16-14-12(15)10-13(14)18-9-8-17-11-6-4-3-5-7-11/h3-7,12-15H,2,8-10H2,1H3. The highest BCUT2D eigenvalue weighted by molar-refractivity contribution is 5.20. The highest BCUT2D eigenvalue weighted by atomic mass is 16.6. The van der Waals surface area contributed by atoms with E-state index in [1.54, 1.807) is 0 Å². The molecular formula is C14H20O4. The number of hydrogen-bond acceptors (Lipinski definition) is 4. The van der Waals surface area contributed by atoms with Gasteiger partial charge in [0, 0.05) is 13.0 Å². The third-order valence-corrected chi connectivity index (χ3v) is 3.01. The van der Waals surface area contributed by atoms with Crippen LogP contribution in [0.15, 0.2) is 30.3 Å². The Morgan fingerprint density at radius 1 is 1.17 bits per heavy atom. The van der Waals surface area contributed by atoms with Gasteiger partial charge in [0.1, 0.15) is 18.5 Å². The lowest BCUT2D eigenvalue weighted by atomic mass is 9.88. The molecule has 1 aliphatic rings. The molecule has 1 fully saturated rings. The molecule has 0 aromatic heterocycles. The molecule has 0 spiro atoms. The van der Waals surface area contributed by atoms with Crippen LogP contribution in [0.5, 0.6) is 5.75 Å². The van der Waals surface area contributed by atoms with E-state index in [-0.39, 0.29) is 18.3 Å². The number of rotatable bonds is 7. The van der Waals surface area contributed by atoms with Gasteiger partial charge in [-0.1, -0.05) is 18.2 Å². The molecule has 4 heteroatoms. The van der Waals surface area contributed by atoms with Crippen LogP contribution in [-0.4, -0.2) is 43.2 Å². The van der Waals surface area contributed by atoms with Gasteiger partial charge in [0.25, 0.3) is 0 Å². The Kier molecular flexibility index (Phi) is 4.99. The molecule has 1 N–H and O–H groups in total. The van der Waals surface area contributed by atoms with Crippen LogP contribution in [0, 0.1) is 0 Å². The van der Waals surface area contributed by atoms with E-state index < -0.39 is 0 Å². The van der Waals surface area contributed by atoms with Crippen LogP contribution in [0.1, 0.15) is 13.3 Å². The number of aliphatic hydroxyl groups is 1. The van der Waals surface area contributed by atoms with Crippen molar-refractivity contribution in [1.29, 1.82) is 0 Å². The van der Waals surface area contributed by atoms with E-state index in [4.69, 9.17) is 14.2 Å². The van der Waals surface area contributed by atoms with Gasteiger partial charge >= 0.3 is 0 Å². The third kappa shape index (κ3) is 3.45. The van der Waals surface area contributed by atoms with E-state index in [0.29, 0.717) is 26.2 Å². The Hall–Kier alpha value is -1.10. The smallest absolute Gasteiger partial charge is 0.119 e. The molecule has 1 aromatic rings. The molecule has 0 bridgehead atoms. The number of aliphatic hydroxyl groups excluding tert-OH is 1. The molecule has 0 aliphatic heterocycles. The molecule has 0 heterocycles. The zero-order chi connectivity index (χ0) is 12.8. The van der Waals surface area contributed by atoms with Crippen LogP contribution in [0.3, 0.4) is 0 Å². The lowest BCUT2D eigenvalue weighted by molar-refractivity contribution is -0.192. The SMILES string of the molecule is CCOC1C(O)CC1OCCOc1ccccc1. The molecule has 1 saturated carbocycles. The summed E-state index contributed by atoms with van der Waals surface area (Å²) in [5.41, 5.74) is 0. The van der Waals surface area contributed by atoms with E-state index in [9.17, 15) is 5.11 Å². The zero-order valence-corrected chi connectivity index (χ0v) is 10.6. The Morgan fingerprint density at radius 2 is 1.94 bits per heavy atom. The minimum Gasteiger partial charge on any atom is -0.491 e. The van der Waals surface area contributed by atoms with Crippen molar-refractivity contribution in [3.05, 3.63) is 30.3 Å². The first-order chi connectivity index (χ1) is 8.81. The number of hydrogen-bond donors (Lipinski definition) is 1. The van der Waals surface area contributed by atoms with Crippen molar-refractivity contribution in [2.45, 2.75) is 31.7 Å². The summed E-state index contributed by atoms with van der Waals surface area (Å²) in [5.74, 6) is 0.844. The lowest BCUT2D eigenvalue weighted by Crippen LogP contribution is -2.53. The average molecular weight is 252 g/mol. The van der Waals surface area contributed by atoms with Gasteiger partial charge in [0.05, 0.1) is 18.8 Å². The van der Waals surface area contributed by atoms with Gasteiger partial charge in [0.2, 0.25) is 0 Å². The predicted molar refractivity (Wildman–Crippen MR) is 67.7 cm³/mol. The maximum atomic E-state index is 9.51. The minimum atomic E-state index is -0.384. The molecule has 18 heavy (non-hydrogen) atoms. The first-order valence-corrected chi connectivity index (χ1v) is 6.40. The first kappa shape index (κ1) is 13.3. The monoisotopic (exact) mass is 252 g/mol. The summed E-state index contributed by atoms with van der Waals surface area (Å²) in [6, 6.07) is 9.64. The summed E-state index contributed by atoms with van der Waals surface area (Å²) in [6.45, 7) is 3.54. The molecule has 100 valence electrons. The van der Waals surface area contributed by atoms with Crippen LogP contribution >= 0.6 is 0 Å². The van der Waals surface area contributed by atoms with Crippen LogP contribution in [0.2, 0.25) is 0 Å². The van der Waals surface area contributed by atoms with Crippen molar-refractivity contribution < 1.29 is 19.3 Å². The summed E-state index contributed by atoms with van der Waals surface area (Å²) < 4.78 is 16.5. The summed E-state index contributed by atoms with van der Waals surface area (Å²) in [4.78, 5) is 0. The molecular weight excluding hydrogens is 232 g/mol. The second-order valence-electron chi connectivity index (χ2n) is 4.29. The summed E-state index contributed by atoms with van der Waals surface area (Å²) in [6.07, 6.45) is 0.0896. The maximum Gasteiger partial charge on any atom is 0.119 e. The van der Waals surface area contributed by atoms with Gasteiger partial charge in [-0.05, 0) is 19.1 Å². The molecule has 3 atom stereocenters. The van der Waals surface area contributed by atoms with E-state index in [1.807, 2.05) is 37.3 Å². The summed E-state index contributed by atoms with van der Waals surface area (Å²) >= 11 is 0. The maximum absolute atomic E-state index is 9.51. The molecule has 3 unspecified atom stereocenters. The zero-order valence-electron chi connectivity index (χ0n) is 10.6. The van der Waals surface area contributed by atoms with Gasteiger partial charge in [-0.3, -0.25) is 0 Å². The fraction of sp³-hybridized carbons (Fsp3) is 0.571. The Labute approximate surface area is 107 Å². The Bertz CT molecular complexity index is 341. The van der Waals surface area contributed by atoms with E-state index in [0.717, 1.165) is 5.75 Å². The molecule has 0 saturated heterocycles.